The van der Waals surface area contributed by atoms with Crippen molar-refractivity contribution in [2.75, 3.05) is 33.3 Å². The zero-order valence-corrected chi connectivity index (χ0v) is 16.3. The Morgan fingerprint density at radius 2 is 1.96 bits per heavy atom. The second-order valence-corrected chi connectivity index (χ2v) is 9.00. The molecule has 3 rings (SSSR count). The number of ether oxygens (including phenoxy) is 1. The van der Waals surface area contributed by atoms with E-state index in [0.29, 0.717) is 22.9 Å². The van der Waals surface area contributed by atoms with E-state index in [4.69, 9.17) is 4.74 Å². The molecule has 0 spiro atoms. The van der Waals surface area contributed by atoms with Gasteiger partial charge in [-0.15, -0.1) is 11.3 Å². The van der Waals surface area contributed by atoms with Crippen LogP contribution in [0.5, 0.6) is 5.75 Å². The molecule has 1 amide bonds. The van der Waals surface area contributed by atoms with E-state index in [9.17, 15) is 17.6 Å². The molecule has 0 saturated carbocycles. The molecule has 0 N–H and O–H groups in total. The molecule has 1 aromatic heterocycles. The smallest absolute Gasteiger partial charge is 0.252 e. The number of hydrogen-bond donors (Lipinski definition) is 0. The fourth-order valence-corrected chi connectivity index (χ4v) is 5.31. The van der Waals surface area contributed by atoms with Gasteiger partial charge in [-0.3, -0.25) is 4.79 Å². The number of methoxy groups -OCH3 is 1. The molecule has 1 aromatic carbocycles. The first kappa shape index (κ1) is 19.5. The summed E-state index contributed by atoms with van der Waals surface area (Å²) in [5.41, 5.74) is 0.542. The standard InChI is InChI=1S/C18H19FN2O4S2/c1-25-16-6-4-14(13-15(16)19)5-7-17(22)20-8-10-21(11-9-20)27(23,24)18-3-2-12-26-18/h2-7,12-13H,8-11H2,1H3/b7-5+. The van der Waals surface area contributed by atoms with E-state index in [1.165, 1.54) is 47.0 Å². The Balaban J connectivity index is 1.59. The van der Waals surface area contributed by atoms with Crippen molar-refractivity contribution >= 4 is 33.3 Å². The monoisotopic (exact) mass is 410 g/mol. The first-order chi connectivity index (χ1) is 12.9. The van der Waals surface area contributed by atoms with Crippen LogP contribution in [0.15, 0.2) is 46.0 Å². The molecule has 1 fully saturated rings. The van der Waals surface area contributed by atoms with Crippen LogP contribution in [0.2, 0.25) is 0 Å². The summed E-state index contributed by atoms with van der Waals surface area (Å²) in [5, 5.41) is 1.72. The SMILES string of the molecule is COc1ccc(/C=C/C(=O)N2CCN(S(=O)(=O)c3cccs3)CC2)cc1F. The lowest BCUT2D eigenvalue weighted by Gasteiger charge is -2.33. The lowest BCUT2D eigenvalue weighted by molar-refractivity contribution is -0.127. The summed E-state index contributed by atoms with van der Waals surface area (Å²) in [7, 11) is -2.11. The molecule has 6 nitrogen and oxygen atoms in total. The van der Waals surface area contributed by atoms with Gasteiger partial charge in [0.15, 0.2) is 11.6 Å². The zero-order chi connectivity index (χ0) is 19.4. The van der Waals surface area contributed by atoms with Gasteiger partial charge in [0.1, 0.15) is 4.21 Å². The number of nitrogens with zero attached hydrogens (tertiary/aromatic N) is 2. The quantitative estimate of drug-likeness (QED) is 0.710. The van der Waals surface area contributed by atoms with Crippen LogP contribution >= 0.6 is 11.3 Å². The van der Waals surface area contributed by atoms with Crippen molar-refractivity contribution < 1.29 is 22.3 Å². The molecule has 9 heteroatoms. The van der Waals surface area contributed by atoms with Crippen LogP contribution in [0.1, 0.15) is 5.56 Å². The van der Waals surface area contributed by atoms with Crippen LogP contribution in [0.4, 0.5) is 4.39 Å². The molecule has 1 aliphatic heterocycles. The molecule has 0 unspecified atom stereocenters. The van der Waals surface area contributed by atoms with Crippen LogP contribution < -0.4 is 4.74 Å². The predicted molar refractivity (Wildman–Crippen MR) is 102 cm³/mol. The number of piperazine rings is 1. The topological polar surface area (TPSA) is 66.9 Å². The molecule has 0 aliphatic carbocycles. The Bertz CT molecular complexity index is 934. The van der Waals surface area contributed by atoms with E-state index >= 15 is 0 Å². The second kappa shape index (κ2) is 8.20. The Labute approximate surface area is 161 Å². The van der Waals surface area contributed by atoms with E-state index < -0.39 is 15.8 Å². The maximum absolute atomic E-state index is 13.7. The van der Waals surface area contributed by atoms with Gasteiger partial charge in [-0.25, -0.2) is 12.8 Å². The van der Waals surface area contributed by atoms with Crippen molar-refractivity contribution in [3.63, 3.8) is 0 Å². The Morgan fingerprint density at radius 3 is 2.56 bits per heavy atom. The van der Waals surface area contributed by atoms with Crippen molar-refractivity contribution in [1.29, 1.82) is 0 Å². The number of halogens is 1. The molecule has 144 valence electrons. The van der Waals surface area contributed by atoms with Crippen molar-refractivity contribution in [3.8, 4) is 5.75 Å². The molecular formula is C18H19FN2O4S2. The lowest BCUT2D eigenvalue weighted by atomic mass is 10.2. The van der Waals surface area contributed by atoms with Crippen LogP contribution in [0, 0.1) is 5.82 Å². The molecule has 2 heterocycles. The highest BCUT2D eigenvalue weighted by Crippen LogP contribution is 2.22. The van der Waals surface area contributed by atoms with Crippen molar-refractivity contribution in [3.05, 3.63) is 53.2 Å². The zero-order valence-electron chi connectivity index (χ0n) is 14.7. The molecule has 0 atom stereocenters. The van der Waals surface area contributed by atoms with Gasteiger partial charge in [0, 0.05) is 32.3 Å². The van der Waals surface area contributed by atoms with Gasteiger partial charge in [0.05, 0.1) is 7.11 Å². The lowest BCUT2D eigenvalue weighted by Crippen LogP contribution is -2.50. The van der Waals surface area contributed by atoms with Gasteiger partial charge >= 0.3 is 0 Å². The number of carbonyl (C=O) groups excluding carboxylic acids is 1. The number of thiophene rings is 1. The first-order valence-corrected chi connectivity index (χ1v) is 10.6. The van der Waals surface area contributed by atoms with Gasteiger partial charge in [-0.2, -0.15) is 4.31 Å². The number of hydrogen-bond acceptors (Lipinski definition) is 5. The average Bonchev–Trinajstić information content (AvgIpc) is 3.22. The predicted octanol–water partition coefficient (Wildman–Crippen LogP) is 2.44. The van der Waals surface area contributed by atoms with Gasteiger partial charge in [-0.05, 0) is 35.2 Å². The van der Waals surface area contributed by atoms with Gasteiger partial charge in [-0.1, -0.05) is 12.1 Å². The number of benzene rings is 1. The van der Waals surface area contributed by atoms with E-state index in [2.05, 4.69) is 0 Å². The number of sulfonamides is 1. The number of rotatable bonds is 5. The van der Waals surface area contributed by atoms with Crippen LogP contribution in [0.25, 0.3) is 6.08 Å². The minimum atomic E-state index is -3.49. The first-order valence-electron chi connectivity index (χ1n) is 8.26. The largest absolute Gasteiger partial charge is 0.494 e. The number of amides is 1. The maximum atomic E-state index is 13.7. The van der Waals surface area contributed by atoms with Crippen molar-refractivity contribution in [2.24, 2.45) is 0 Å². The van der Waals surface area contributed by atoms with Crippen molar-refractivity contribution in [1.82, 2.24) is 9.21 Å². The molecule has 1 saturated heterocycles. The summed E-state index contributed by atoms with van der Waals surface area (Å²) in [6.07, 6.45) is 2.89. The van der Waals surface area contributed by atoms with Gasteiger partial charge in [0.2, 0.25) is 5.91 Å². The summed E-state index contributed by atoms with van der Waals surface area (Å²) in [4.78, 5) is 13.9. The maximum Gasteiger partial charge on any atom is 0.252 e. The highest BCUT2D eigenvalue weighted by molar-refractivity contribution is 7.91. The Morgan fingerprint density at radius 1 is 1.22 bits per heavy atom. The third kappa shape index (κ3) is 4.37. The summed E-state index contributed by atoms with van der Waals surface area (Å²) < 4.78 is 45.2. The summed E-state index contributed by atoms with van der Waals surface area (Å²) in [6, 6.07) is 7.71. The minimum absolute atomic E-state index is 0.140. The third-order valence-electron chi connectivity index (χ3n) is 4.23. The fourth-order valence-electron chi connectivity index (χ4n) is 2.75. The Hall–Kier alpha value is -2.23. The summed E-state index contributed by atoms with van der Waals surface area (Å²) >= 11 is 1.18. The Kier molecular flexibility index (Phi) is 5.93. The molecular weight excluding hydrogens is 391 g/mol. The molecule has 27 heavy (non-hydrogen) atoms. The minimum Gasteiger partial charge on any atom is -0.494 e. The summed E-state index contributed by atoms with van der Waals surface area (Å²) in [5.74, 6) is -0.597. The second-order valence-electron chi connectivity index (χ2n) is 5.89. The molecule has 1 aliphatic rings. The highest BCUT2D eigenvalue weighted by Gasteiger charge is 2.30. The normalized spacial score (nSPS) is 16.0. The van der Waals surface area contributed by atoms with Crippen molar-refractivity contribution in [2.45, 2.75) is 4.21 Å². The highest BCUT2D eigenvalue weighted by atomic mass is 32.2. The van der Waals surface area contributed by atoms with Gasteiger partial charge < -0.3 is 9.64 Å². The van der Waals surface area contributed by atoms with E-state index in [0.717, 1.165) is 0 Å². The van der Waals surface area contributed by atoms with E-state index in [1.54, 1.807) is 28.5 Å². The summed E-state index contributed by atoms with van der Waals surface area (Å²) in [6.45, 7) is 1.11. The molecule has 0 radical (unpaired) electrons. The average molecular weight is 410 g/mol. The third-order valence-corrected chi connectivity index (χ3v) is 7.51. The van der Waals surface area contributed by atoms with E-state index in [-0.39, 0.29) is 24.7 Å². The molecule has 2 aromatic rings. The number of carbonyl (C=O) groups is 1. The fraction of sp³-hybridized carbons (Fsp3) is 0.278. The van der Waals surface area contributed by atoms with Gasteiger partial charge in [0.25, 0.3) is 10.0 Å². The van der Waals surface area contributed by atoms with E-state index in [1.807, 2.05) is 0 Å². The van der Waals surface area contributed by atoms with Crippen LogP contribution in [-0.4, -0.2) is 56.8 Å². The molecule has 0 bridgehead atoms. The van der Waals surface area contributed by atoms with Crippen LogP contribution in [-0.2, 0) is 14.8 Å². The van der Waals surface area contributed by atoms with Crippen LogP contribution in [0.3, 0.4) is 0 Å².